The lowest BCUT2D eigenvalue weighted by Crippen LogP contribution is -2.07. The van der Waals surface area contributed by atoms with E-state index >= 15 is 0 Å². The average Bonchev–Trinajstić information content (AvgIpc) is 2.89. The molecule has 0 saturated heterocycles. The number of hydrogen-bond acceptors (Lipinski definition) is 3. The summed E-state index contributed by atoms with van der Waals surface area (Å²) in [5.74, 6) is 2.05. The molecule has 4 rings (SSSR count). The molecule has 0 saturated carbocycles. The lowest BCUT2D eigenvalue weighted by molar-refractivity contribution is 0.306. The monoisotopic (exact) mass is 361 g/mol. The van der Waals surface area contributed by atoms with Gasteiger partial charge in [-0.1, -0.05) is 43.7 Å². The van der Waals surface area contributed by atoms with Crippen LogP contribution in [0.3, 0.4) is 0 Å². The lowest BCUT2D eigenvalue weighted by atomic mass is 10.1. The standard InChI is InChI=1S/C23H27N3O/c1-2-8-22-21-11-6-7-16-24-23(21)26(25-22)19-12-14-20(15-13-19)27-17-18-9-4-3-5-10-18/h3-5,9-10,12-15,24H,2,6-8,11,16-17H2,1H3. The molecule has 4 heteroatoms. The normalized spacial score (nSPS) is 13.5. The molecule has 0 atom stereocenters. The van der Waals surface area contributed by atoms with Gasteiger partial charge in [-0.05, 0) is 55.5 Å². The van der Waals surface area contributed by atoms with Crippen LogP contribution in [0, 0.1) is 0 Å². The largest absolute Gasteiger partial charge is 0.489 e. The van der Waals surface area contributed by atoms with Gasteiger partial charge in [-0.3, -0.25) is 0 Å². The molecule has 0 radical (unpaired) electrons. The van der Waals surface area contributed by atoms with Crippen molar-refractivity contribution in [1.29, 1.82) is 0 Å². The van der Waals surface area contributed by atoms with Crippen molar-refractivity contribution in [2.24, 2.45) is 0 Å². The third-order valence-corrected chi connectivity index (χ3v) is 5.03. The molecule has 1 aliphatic heterocycles. The summed E-state index contributed by atoms with van der Waals surface area (Å²) in [6.45, 7) is 3.82. The van der Waals surface area contributed by atoms with Crippen LogP contribution in [0.15, 0.2) is 54.6 Å². The van der Waals surface area contributed by atoms with Gasteiger partial charge in [-0.15, -0.1) is 0 Å². The third kappa shape index (κ3) is 4.00. The van der Waals surface area contributed by atoms with Gasteiger partial charge in [0.2, 0.25) is 0 Å². The zero-order chi connectivity index (χ0) is 18.5. The summed E-state index contributed by atoms with van der Waals surface area (Å²) in [6.07, 6.45) is 5.72. The van der Waals surface area contributed by atoms with Crippen LogP contribution in [-0.2, 0) is 19.4 Å². The highest BCUT2D eigenvalue weighted by Gasteiger charge is 2.19. The van der Waals surface area contributed by atoms with Crippen molar-refractivity contribution in [3.8, 4) is 11.4 Å². The summed E-state index contributed by atoms with van der Waals surface area (Å²) in [6, 6.07) is 18.5. The Morgan fingerprint density at radius 2 is 1.85 bits per heavy atom. The van der Waals surface area contributed by atoms with E-state index in [9.17, 15) is 0 Å². The number of nitrogens with zero attached hydrogens (tertiary/aromatic N) is 2. The molecule has 0 unspecified atom stereocenters. The Labute approximate surface area is 161 Å². The molecule has 3 aromatic rings. The minimum absolute atomic E-state index is 0.583. The molecule has 0 aliphatic carbocycles. The molecule has 2 aromatic carbocycles. The lowest BCUT2D eigenvalue weighted by Gasteiger charge is -2.11. The highest BCUT2D eigenvalue weighted by atomic mass is 16.5. The van der Waals surface area contributed by atoms with Crippen molar-refractivity contribution in [1.82, 2.24) is 9.78 Å². The number of nitrogens with one attached hydrogen (secondary N) is 1. The summed E-state index contributed by atoms with van der Waals surface area (Å²) in [5.41, 5.74) is 4.90. The second kappa shape index (κ2) is 8.30. The van der Waals surface area contributed by atoms with Gasteiger partial charge in [0.25, 0.3) is 0 Å². The van der Waals surface area contributed by atoms with Crippen molar-refractivity contribution >= 4 is 5.82 Å². The van der Waals surface area contributed by atoms with E-state index in [1.165, 1.54) is 35.5 Å². The molecule has 1 aliphatic rings. The Hall–Kier alpha value is -2.75. The molecule has 0 amide bonds. The summed E-state index contributed by atoms with van der Waals surface area (Å²) < 4.78 is 7.99. The van der Waals surface area contributed by atoms with Gasteiger partial charge < -0.3 is 10.1 Å². The number of aromatic nitrogens is 2. The maximum atomic E-state index is 5.91. The fourth-order valence-corrected chi connectivity index (χ4v) is 3.62. The molecule has 140 valence electrons. The van der Waals surface area contributed by atoms with E-state index in [1.807, 2.05) is 30.3 Å². The van der Waals surface area contributed by atoms with Crippen LogP contribution in [0.2, 0.25) is 0 Å². The van der Waals surface area contributed by atoms with E-state index in [2.05, 4.69) is 41.2 Å². The summed E-state index contributed by atoms with van der Waals surface area (Å²) in [4.78, 5) is 0. The number of rotatable bonds is 6. The van der Waals surface area contributed by atoms with Crippen LogP contribution in [-0.4, -0.2) is 16.3 Å². The zero-order valence-electron chi connectivity index (χ0n) is 15.9. The van der Waals surface area contributed by atoms with Gasteiger partial charge in [0.15, 0.2) is 0 Å². The highest BCUT2D eigenvalue weighted by molar-refractivity contribution is 5.54. The average molecular weight is 361 g/mol. The minimum atomic E-state index is 0.583. The number of ether oxygens (including phenoxy) is 1. The first-order valence-electron chi connectivity index (χ1n) is 9.97. The van der Waals surface area contributed by atoms with Gasteiger partial charge in [0.05, 0.1) is 11.4 Å². The third-order valence-electron chi connectivity index (χ3n) is 5.03. The molecule has 0 spiro atoms. The van der Waals surface area contributed by atoms with Crippen LogP contribution >= 0.6 is 0 Å². The fourth-order valence-electron chi connectivity index (χ4n) is 3.62. The first-order chi connectivity index (χ1) is 13.3. The smallest absolute Gasteiger partial charge is 0.133 e. The molecule has 1 aromatic heterocycles. The van der Waals surface area contributed by atoms with E-state index in [0.717, 1.165) is 37.2 Å². The Morgan fingerprint density at radius 3 is 2.63 bits per heavy atom. The van der Waals surface area contributed by atoms with Crippen molar-refractivity contribution < 1.29 is 4.74 Å². The number of anilines is 1. The Balaban J connectivity index is 1.55. The van der Waals surface area contributed by atoms with Crippen LogP contribution in [0.25, 0.3) is 5.69 Å². The maximum absolute atomic E-state index is 5.91. The number of benzene rings is 2. The SMILES string of the molecule is CCCc1nn(-c2ccc(OCc3ccccc3)cc2)c2c1CCCCN2. The fraction of sp³-hybridized carbons (Fsp3) is 0.348. The summed E-state index contributed by atoms with van der Waals surface area (Å²) >= 11 is 0. The quantitative estimate of drug-likeness (QED) is 0.660. The molecule has 4 nitrogen and oxygen atoms in total. The Bertz CT molecular complexity index is 869. The van der Waals surface area contributed by atoms with Crippen molar-refractivity contribution in [2.75, 3.05) is 11.9 Å². The predicted molar refractivity (Wildman–Crippen MR) is 110 cm³/mol. The van der Waals surface area contributed by atoms with Crippen LogP contribution in [0.5, 0.6) is 5.75 Å². The number of fused-ring (bicyclic) bond motifs is 1. The van der Waals surface area contributed by atoms with E-state index in [-0.39, 0.29) is 0 Å². The molecule has 1 N–H and O–H groups in total. The van der Waals surface area contributed by atoms with Crippen molar-refractivity contribution in [2.45, 2.75) is 45.6 Å². The van der Waals surface area contributed by atoms with Gasteiger partial charge >= 0.3 is 0 Å². The first-order valence-corrected chi connectivity index (χ1v) is 9.97. The maximum Gasteiger partial charge on any atom is 0.133 e. The highest BCUT2D eigenvalue weighted by Crippen LogP contribution is 2.29. The van der Waals surface area contributed by atoms with Crippen LogP contribution in [0.1, 0.15) is 43.0 Å². The van der Waals surface area contributed by atoms with Gasteiger partial charge in [-0.2, -0.15) is 5.10 Å². The van der Waals surface area contributed by atoms with Gasteiger partial charge in [-0.25, -0.2) is 4.68 Å². The number of aryl methyl sites for hydroxylation is 1. The van der Waals surface area contributed by atoms with Crippen molar-refractivity contribution in [3.63, 3.8) is 0 Å². The van der Waals surface area contributed by atoms with E-state index in [1.54, 1.807) is 0 Å². The van der Waals surface area contributed by atoms with E-state index < -0.39 is 0 Å². The zero-order valence-corrected chi connectivity index (χ0v) is 15.9. The first kappa shape index (κ1) is 17.7. The minimum Gasteiger partial charge on any atom is -0.489 e. The van der Waals surface area contributed by atoms with Gasteiger partial charge in [0, 0.05) is 12.1 Å². The van der Waals surface area contributed by atoms with Crippen molar-refractivity contribution in [3.05, 3.63) is 71.4 Å². The predicted octanol–water partition coefficient (Wildman–Crippen LogP) is 5.15. The van der Waals surface area contributed by atoms with Gasteiger partial charge in [0.1, 0.15) is 18.2 Å². The van der Waals surface area contributed by atoms with Crippen LogP contribution < -0.4 is 10.1 Å². The van der Waals surface area contributed by atoms with E-state index in [4.69, 9.17) is 9.84 Å². The second-order valence-corrected chi connectivity index (χ2v) is 7.09. The summed E-state index contributed by atoms with van der Waals surface area (Å²) in [5, 5.41) is 8.53. The Kier molecular flexibility index (Phi) is 5.42. The topological polar surface area (TPSA) is 39.1 Å². The molecule has 27 heavy (non-hydrogen) atoms. The van der Waals surface area contributed by atoms with E-state index in [0.29, 0.717) is 6.61 Å². The Morgan fingerprint density at radius 1 is 1.04 bits per heavy atom. The molecule has 0 bridgehead atoms. The second-order valence-electron chi connectivity index (χ2n) is 7.09. The van der Waals surface area contributed by atoms with Crippen LogP contribution in [0.4, 0.5) is 5.82 Å². The molecule has 0 fully saturated rings. The summed E-state index contributed by atoms with van der Waals surface area (Å²) in [7, 11) is 0. The molecule has 2 heterocycles. The number of hydrogen-bond donors (Lipinski definition) is 1. The molecular weight excluding hydrogens is 334 g/mol. The molecular formula is C23H27N3O.